The van der Waals surface area contributed by atoms with Crippen LogP contribution < -0.4 is 15.3 Å². The van der Waals surface area contributed by atoms with Gasteiger partial charge < -0.3 is 4.74 Å². The van der Waals surface area contributed by atoms with Gasteiger partial charge >= 0.3 is 0 Å². The van der Waals surface area contributed by atoms with Gasteiger partial charge in [0.05, 0.1) is 13.2 Å². The highest BCUT2D eigenvalue weighted by Crippen LogP contribution is 2.60. The summed E-state index contributed by atoms with van der Waals surface area (Å²) in [6.07, 6.45) is 1.25. The van der Waals surface area contributed by atoms with Crippen LogP contribution >= 0.6 is 7.29 Å². The molecule has 5 heteroatoms. The molecule has 146 valence electrons. The van der Waals surface area contributed by atoms with Crippen LogP contribution in [0.15, 0.2) is 78.9 Å². The Bertz CT molecular complexity index is 1070. The molecule has 0 unspecified atom stereocenters. The van der Waals surface area contributed by atoms with E-state index < -0.39 is 7.29 Å². The number of carbonyl (C=O) groups is 1. The number of carbonyl (C=O) groups excluding carboxylic acids is 1. The van der Waals surface area contributed by atoms with Crippen LogP contribution in [-0.2, 0) is 15.8 Å². The van der Waals surface area contributed by atoms with Crippen molar-refractivity contribution < 1.29 is 14.1 Å². The summed E-state index contributed by atoms with van der Waals surface area (Å²) >= 11 is 0. The van der Waals surface area contributed by atoms with Gasteiger partial charge in [-0.25, -0.2) is 0 Å². The molecule has 4 nitrogen and oxygen atoms in total. The summed E-state index contributed by atoms with van der Waals surface area (Å²) in [6.45, 7) is 0. The second-order valence-electron chi connectivity index (χ2n) is 7.66. The van der Waals surface area contributed by atoms with Crippen LogP contribution in [0.5, 0.6) is 5.75 Å². The standard InChI is InChI=1S/C24H22NO3P/c1-28-19-13-12-17-14-18-15-23(26)25(24(18)22(17)16-19)29(27,20-8-4-2-5-9-20)21-10-6-3-7-11-21/h2-13,16,18,24H,14-15H2,1H3/t18-,24+/m1/s1. The van der Waals surface area contributed by atoms with Crippen LogP contribution in [0.2, 0.25) is 0 Å². The monoisotopic (exact) mass is 403 g/mol. The van der Waals surface area contributed by atoms with Gasteiger partial charge in [-0.1, -0.05) is 42.5 Å². The highest BCUT2D eigenvalue weighted by molar-refractivity contribution is 7.77. The molecule has 0 spiro atoms. The van der Waals surface area contributed by atoms with Gasteiger partial charge in [0.1, 0.15) is 5.75 Å². The number of hydrogen-bond acceptors (Lipinski definition) is 3. The Balaban J connectivity index is 1.72. The van der Waals surface area contributed by atoms with Crippen molar-refractivity contribution in [3.05, 3.63) is 90.0 Å². The molecular formula is C24H22NO3P. The van der Waals surface area contributed by atoms with Crippen molar-refractivity contribution in [3.63, 3.8) is 0 Å². The van der Waals surface area contributed by atoms with Gasteiger partial charge in [-0.2, -0.15) is 0 Å². The second-order valence-corrected chi connectivity index (χ2v) is 10.3. The van der Waals surface area contributed by atoms with Gasteiger partial charge in [-0.15, -0.1) is 0 Å². The third kappa shape index (κ3) is 2.74. The van der Waals surface area contributed by atoms with Gasteiger partial charge in [0.2, 0.25) is 13.2 Å². The maximum absolute atomic E-state index is 14.8. The SMILES string of the molecule is COc1ccc2c(c1)[C@@H]1[C@@H](CC(=O)N1P(=O)(c1ccccc1)c1ccccc1)C2. The summed E-state index contributed by atoms with van der Waals surface area (Å²) in [4.78, 5) is 13.3. The Morgan fingerprint density at radius 2 is 1.52 bits per heavy atom. The summed E-state index contributed by atoms with van der Waals surface area (Å²) in [5.74, 6) is 0.868. The van der Waals surface area contributed by atoms with Crippen molar-refractivity contribution in [2.75, 3.05) is 7.11 Å². The highest BCUT2D eigenvalue weighted by atomic mass is 31.2. The number of nitrogens with zero attached hydrogens (tertiary/aromatic N) is 1. The predicted molar refractivity (Wildman–Crippen MR) is 114 cm³/mol. The molecule has 1 amide bonds. The molecule has 3 aromatic rings. The smallest absolute Gasteiger partial charge is 0.232 e. The lowest BCUT2D eigenvalue weighted by Crippen LogP contribution is -2.35. The molecule has 2 atom stereocenters. The molecule has 29 heavy (non-hydrogen) atoms. The van der Waals surface area contributed by atoms with E-state index in [9.17, 15) is 9.36 Å². The van der Waals surface area contributed by atoms with E-state index in [-0.39, 0.29) is 17.9 Å². The molecule has 1 fully saturated rings. The minimum atomic E-state index is -3.33. The topological polar surface area (TPSA) is 46.6 Å². The first-order valence-corrected chi connectivity index (χ1v) is 11.5. The number of fused-ring (bicyclic) bond motifs is 3. The highest BCUT2D eigenvalue weighted by Gasteiger charge is 2.53. The predicted octanol–water partition coefficient (Wildman–Crippen LogP) is 4.07. The van der Waals surface area contributed by atoms with Crippen LogP contribution in [0.4, 0.5) is 0 Å². The Morgan fingerprint density at radius 3 is 2.10 bits per heavy atom. The van der Waals surface area contributed by atoms with E-state index >= 15 is 0 Å². The molecule has 0 saturated carbocycles. The van der Waals surface area contributed by atoms with Crippen molar-refractivity contribution in [1.82, 2.24) is 4.67 Å². The summed E-state index contributed by atoms with van der Waals surface area (Å²) in [5.41, 5.74) is 2.28. The fraction of sp³-hybridized carbons (Fsp3) is 0.208. The number of amides is 1. The lowest BCUT2D eigenvalue weighted by atomic mass is 10.0. The zero-order chi connectivity index (χ0) is 20.0. The van der Waals surface area contributed by atoms with Crippen LogP contribution in [-0.4, -0.2) is 17.7 Å². The van der Waals surface area contributed by atoms with Crippen LogP contribution in [0.1, 0.15) is 23.6 Å². The Hall–Kier alpha value is -2.84. The number of benzene rings is 3. The van der Waals surface area contributed by atoms with Gasteiger partial charge in [0, 0.05) is 17.0 Å². The van der Waals surface area contributed by atoms with Crippen molar-refractivity contribution in [1.29, 1.82) is 0 Å². The van der Waals surface area contributed by atoms with Crippen molar-refractivity contribution >= 4 is 23.8 Å². The van der Waals surface area contributed by atoms with Crippen LogP contribution in [0, 0.1) is 5.92 Å². The average molecular weight is 403 g/mol. The zero-order valence-corrected chi connectivity index (χ0v) is 17.1. The quantitative estimate of drug-likeness (QED) is 0.617. The molecule has 0 radical (unpaired) electrons. The van der Waals surface area contributed by atoms with Gasteiger partial charge in [0.15, 0.2) is 0 Å². The molecule has 0 bridgehead atoms. The van der Waals surface area contributed by atoms with Gasteiger partial charge in [-0.3, -0.25) is 14.0 Å². The number of ether oxygens (including phenoxy) is 1. The van der Waals surface area contributed by atoms with Crippen molar-refractivity contribution in [2.24, 2.45) is 5.92 Å². The first-order valence-electron chi connectivity index (χ1n) is 9.83. The number of methoxy groups -OCH3 is 1. The van der Waals surface area contributed by atoms with Crippen molar-refractivity contribution in [3.8, 4) is 5.75 Å². The van der Waals surface area contributed by atoms with Gasteiger partial charge in [0.25, 0.3) is 0 Å². The molecule has 5 rings (SSSR count). The third-order valence-electron chi connectivity index (χ3n) is 6.07. The summed E-state index contributed by atoms with van der Waals surface area (Å²) in [5, 5.41) is 1.38. The van der Waals surface area contributed by atoms with E-state index in [0.29, 0.717) is 17.0 Å². The van der Waals surface area contributed by atoms with Gasteiger partial charge in [-0.05, 0) is 59.9 Å². The Kier molecular flexibility index (Phi) is 4.33. The maximum atomic E-state index is 14.8. The molecule has 0 N–H and O–H groups in total. The minimum absolute atomic E-state index is 0.0375. The molecular weight excluding hydrogens is 381 g/mol. The number of hydrogen-bond donors (Lipinski definition) is 0. The van der Waals surface area contributed by atoms with Crippen LogP contribution in [0.3, 0.4) is 0 Å². The summed E-state index contributed by atoms with van der Waals surface area (Å²) in [6, 6.07) is 24.7. The lowest BCUT2D eigenvalue weighted by molar-refractivity contribution is -0.124. The Morgan fingerprint density at radius 1 is 0.897 bits per heavy atom. The molecule has 1 aliphatic carbocycles. The molecule has 2 aliphatic rings. The van der Waals surface area contributed by atoms with E-state index in [0.717, 1.165) is 17.7 Å². The van der Waals surface area contributed by atoms with E-state index in [2.05, 4.69) is 6.07 Å². The normalized spacial score (nSPS) is 20.4. The zero-order valence-electron chi connectivity index (χ0n) is 16.2. The van der Waals surface area contributed by atoms with E-state index in [1.54, 1.807) is 11.8 Å². The molecule has 3 aromatic carbocycles. The Labute approximate surface area is 170 Å². The molecule has 1 saturated heterocycles. The molecule has 1 aliphatic heterocycles. The maximum Gasteiger partial charge on any atom is 0.232 e. The second kappa shape index (κ2) is 6.89. The molecule has 1 heterocycles. The van der Waals surface area contributed by atoms with Crippen molar-refractivity contribution in [2.45, 2.75) is 18.9 Å². The third-order valence-corrected chi connectivity index (χ3v) is 9.15. The van der Waals surface area contributed by atoms with Crippen LogP contribution in [0.25, 0.3) is 0 Å². The van der Waals surface area contributed by atoms with E-state index in [4.69, 9.17) is 4.74 Å². The summed E-state index contributed by atoms with van der Waals surface area (Å²) in [7, 11) is -1.69. The fourth-order valence-electron chi connectivity index (χ4n) is 4.79. The minimum Gasteiger partial charge on any atom is -0.497 e. The van der Waals surface area contributed by atoms with E-state index in [1.165, 1.54) is 5.56 Å². The lowest BCUT2D eigenvalue weighted by Gasteiger charge is -2.34. The summed E-state index contributed by atoms with van der Waals surface area (Å²) < 4.78 is 21.9. The first kappa shape index (κ1) is 18.2. The fourth-order valence-corrected chi connectivity index (χ4v) is 7.80. The largest absolute Gasteiger partial charge is 0.497 e. The van der Waals surface area contributed by atoms with E-state index in [1.807, 2.05) is 72.8 Å². The number of rotatable bonds is 4. The average Bonchev–Trinajstić information content (AvgIpc) is 3.28. The molecule has 0 aromatic heterocycles. The first-order chi connectivity index (χ1) is 14.1.